The van der Waals surface area contributed by atoms with Crippen molar-refractivity contribution in [3.05, 3.63) is 35.5 Å². The first-order valence-electron chi connectivity index (χ1n) is 5.77. The van der Waals surface area contributed by atoms with E-state index in [1.807, 2.05) is 0 Å². The van der Waals surface area contributed by atoms with Gasteiger partial charge in [0.05, 0.1) is 5.60 Å². The molecule has 2 aromatic rings. The first kappa shape index (κ1) is 11.6. The van der Waals surface area contributed by atoms with Crippen LogP contribution in [-0.2, 0) is 12.6 Å². The average molecular weight is 255 g/mol. The van der Waals surface area contributed by atoms with Crippen molar-refractivity contribution < 1.29 is 18.3 Å². The summed E-state index contributed by atoms with van der Waals surface area (Å²) in [6.07, 6.45) is -2.30. The number of H-pyrrole nitrogens is 1. The number of rotatable bonds is 2. The van der Waals surface area contributed by atoms with Crippen molar-refractivity contribution in [2.24, 2.45) is 0 Å². The average Bonchev–Trinajstić information content (AvgIpc) is 2.83. The molecule has 1 fully saturated rings. The van der Waals surface area contributed by atoms with Crippen LogP contribution in [0.4, 0.5) is 13.2 Å². The molecule has 0 spiro atoms. The number of nitrogens with one attached hydrogen (secondary N) is 1. The third kappa shape index (κ3) is 2.10. The Hall–Kier alpha value is -1.49. The summed E-state index contributed by atoms with van der Waals surface area (Å²) in [5.74, 6) is 0. The summed E-state index contributed by atoms with van der Waals surface area (Å²) in [5, 5.41) is 10.3. The smallest absolute Gasteiger partial charge is 0.390 e. The molecular weight excluding hydrogens is 243 g/mol. The molecule has 1 heterocycles. The van der Waals surface area contributed by atoms with Gasteiger partial charge in [0.1, 0.15) is 5.69 Å². The fourth-order valence-electron chi connectivity index (χ4n) is 2.15. The Morgan fingerprint density at radius 2 is 1.94 bits per heavy atom. The van der Waals surface area contributed by atoms with Crippen molar-refractivity contribution in [3.8, 4) is 0 Å². The maximum absolute atomic E-state index is 12.5. The third-order valence-corrected chi connectivity index (χ3v) is 3.35. The van der Waals surface area contributed by atoms with Crippen molar-refractivity contribution in [2.75, 3.05) is 0 Å². The molecule has 0 bridgehead atoms. The molecule has 1 aliphatic carbocycles. The van der Waals surface area contributed by atoms with Gasteiger partial charge in [-0.1, -0.05) is 6.07 Å². The van der Waals surface area contributed by atoms with Gasteiger partial charge in [-0.05, 0) is 36.6 Å². The zero-order valence-corrected chi connectivity index (χ0v) is 9.51. The van der Waals surface area contributed by atoms with E-state index in [1.165, 1.54) is 0 Å². The van der Waals surface area contributed by atoms with Crippen LogP contribution in [0, 0.1) is 0 Å². The zero-order chi connectivity index (χ0) is 13.0. The number of benzene rings is 1. The highest BCUT2D eigenvalue weighted by atomic mass is 19.4. The number of hydrogen-bond acceptors (Lipinski definition) is 1. The second-order valence-corrected chi connectivity index (χ2v) is 5.00. The predicted molar refractivity (Wildman–Crippen MR) is 61.2 cm³/mol. The number of aliphatic hydroxyl groups is 1. The molecule has 1 aliphatic rings. The summed E-state index contributed by atoms with van der Waals surface area (Å²) in [4.78, 5) is 2.35. The first-order valence-corrected chi connectivity index (χ1v) is 5.77. The van der Waals surface area contributed by atoms with E-state index in [9.17, 15) is 18.3 Å². The second-order valence-electron chi connectivity index (χ2n) is 5.00. The maximum Gasteiger partial charge on any atom is 0.431 e. The standard InChI is InChI=1S/C13H12F3NO/c14-13(15,16)11-6-9-5-8(1-2-10(9)17-11)7-12(18)3-4-12/h1-2,5-6,17-18H,3-4,7H2. The van der Waals surface area contributed by atoms with E-state index in [4.69, 9.17) is 0 Å². The summed E-state index contributed by atoms with van der Waals surface area (Å²) in [6.45, 7) is 0. The molecule has 18 heavy (non-hydrogen) atoms. The van der Waals surface area contributed by atoms with Crippen LogP contribution in [0.15, 0.2) is 24.3 Å². The molecule has 0 amide bonds. The molecule has 1 saturated carbocycles. The third-order valence-electron chi connectivity index (χ3n) is 3.35. The number of aromatic nitrogens is 1. The number of aromatic amines is 1. The highest BCUT2D eigenvalue weighted by molar-refractivity contribution is 5.81. The monoisotopic (exact) mass is 255 g/mol. The normalized spacial score (nSPS) is 18.2. The topological polar surface area (TPSA) is 36.0 Å². The lowest BCUT2D eigenvalue weighted by atomic mass is 10.0. The van der Waals surface area contributed by atoms with E-state index in [2.05, 4.69) is 4.98 Å². The van der Waals surface area contributed by atoms with Crippen LogP contribution < -0.4 is 0 Å². The van der Waals surface area contributed by atoms with Gasteiger partial charge in [-0.25, -0.2) is 0 Å². The van der Waals surface area contributed by atoms with Gasteiger partial charge in [0.15, 0.2) is 0 Å². The quantitative estimate of drug-likeness (QED) is 0.849. The molecular formula is C13H12F3NO. The molecule has 0 atom stereocenters. The molecule has 2 N–H and O–H groups in total. The molecule has 0 aliphatic heterocycles. The predicted octanol–water partition coefficient (Wildman–Crippen LogP) is 3.25. The van der Waals surface area contributed by atoms with Crippen LogP contribution in [0.1, 0.15) is 24.1 Å². The molecule has 1 aromatic carbocycles. The Morgan fingerprint density at radius 3 is 2.56 bits per heavy atom. The van der Waals surface area contributed by atoms with Crippen LogP contribution in [-0.4, -0.2) is 15.7 Å². The van der Waals surface area contributed by atoms with E-state index < -0.39 is 17.5 Å². The van der Waals surface area contributed by atoms with Crippen molar-refractivity contribution in [3.63, 3.8) is 0 Å². The first-order chi connectivity index (χ1) is 8.36. The molecule has 0 unspecified atom stereocenters. The summed E-state index contributed by atoms with van der Waals surface area (Å²) in [5.41, 5.74) is -0.0273. The lowest BCUT2D eigenvalue weighted by Crippen LogP contribution is -2.10. The van der Waals surface area contributed by atoms with Crippen LogP contribution in [0.25, 0.3) is 10.9 Å². The van der Waals surface area contributed by atoms with Gasteiger partial charge in [-0.2, -0.15) is 13.2 Å². The Kier molecular flexibility index (Phi) is 2.26. The van der Waals surface area contributed by atoms with Gasteiger partial charge in [0.25, 0.3) is 0 Å². The Morgan fingerprint density at radius 1 is 1.22 bits per heavy atom. The highest BCUT2D eigenvalue weighted by Gasteiger charge is 2.40. The van der Waals surface area contributed by atoms with E-state index in [1.54, 1.807) is 18.2 Å². The van der Waals surface area contributed by atoms with E-state index in [0.717, 1.165) is 24.5 Å². The number of hydrogen-bond donors (Lipinski definition) is 2. The summed E-state index contributed by atoms with van der Waals surface area (Å²) < 4.78 is 37.6. The molecule has 96 valence electrons. The fraction of sp³-hybridized carbons (Fsp3) is 0.385. The van der Waals surface area contributed by atoms with E-state index >= 15 is 0 Å². The largest absolute Gasteiger partial charge is 0.431 e. The van der Waals surface area contributed by atoms with Gasteiger partial charge in [-0.3, -0.25) is 0 Å². The minimum absolute atomic E-state index is 0.467. The summed E-state index contributed by atoms with van der Waals surface area (Å²) >= 11 is 0. The van der Waals surface area contributed by atoms with Crippen molar-refractivity contribution in [2.45, 2.75) is 31.0 Å². The SMILES string of the molecule is OC1(Cc2ccc3[nH]c(C(F)(F)F)cc3c2)CC1. The minimum Gasteiger partial charge on any atom is -0.390 e. The number of alkyl halides is 3. The number of halogens is 3. The Labute approximate surface area is 101 Å². The minimum atomic E-state index is -4.35. The lowest BCUT2D eigenvalue weighted by Gasteiger charge is -2.06. The molecule has 0 saturated heterocycles. The Balaban J connectivity index is 1.96. The van der Waals surface area contributed by atoms with Crippen LogP contribution >= 0.6 is 0 Å². The number of fused-ring (bicyclic) bond motifs is 1. The fourth-order valence-corrected chi connectivity index (χ4v) is 2.15. The van der Waals surface area contributed by atoms with Gasteiger partial charge < -0.3 is 10.1 Å². The van der Waals surface area contributed by atoms with Crippen LogP contribution in [0.5, 0.6) is 0 Å². The van der Waals surface area contributed by atoms with Gasteiger partial charge >= 0.3 is 6.18 Å². The van der Waals surface area contributed by atoms with Crippen LogP contribution in [0.3, 0.4) is 0 Å². The zero-order valence-electron chi connectivity index (χ0n) is 9.51. The van der Waals surface area contributed by atoms with E-state index in [0.29, 0.717) is 17.3 Å². The maximum atomic E-state index is 12.5. The second kappa shape index (κ2) is 3.51. The summed E-state index contributed by atoms with van der Waals surface area (Å²) in [6, 6.07) is 6.20. The van der Waals surface area contributed by atoms with Gasteiger partial charge in [-0.15, -0.1) is 0 Å². The van der Waals surface area contributed by atoms with Gasteiger partial charge in [0, 0.05) is 17.3 Å². The molecule has 2 nitrogen and oxygen atoms in total. The molecule has 5 heteroatoms. The van der Waals surface area contributed by atoms with Gasteiger partial charge in [0.2, 0.25) is 0 Å². The molecule has 0 radical (unpaired) electrons. The highest BCUT2D eigenvalue weighted by Crippen LogP contribution is 2.39. The molecule has 3 rings (SSSR count). The van der Waals surface area contributed by atoms with Crippen molar-refractivity contribution >= 4 is 10.9 Å². The van der Waals surface area contributed by atoms with Crippen molar-refractivity contribution in [1.29, 1.82) is 0 Å². The summed E-state index contributed by atoms with van der Waals surface area (Å²) in [7, 11) is 0. The van der Waals surface area contributed by atoms with Crippen molar-refractivity contribution in [1.82, 2.24) is 4.98 Å². The van der Waals surface area contributed by atoms with E-state index in [-0.39, 0.29) is 0 Å². The molecule has 1 aromatic heterocycles. The Bertz CT molecular complexity index is 596. The lowest BCUT2D eigenvalue weighted by molar-refractivity contribution is -0.140. The van der Waals surface area contributed by atoms with Crippen LogP contribution in [0.2, 0.25) is 0 Å².